The minimum absolute atomic E-state index is 0.260. The molecule has 6 heteroatoms. The summed E-state index contributed by atoms with van der Waals surface area (Å²) < 4.78 is 11.1. The second kappa shape index (κ2) is 9.47. The third-order valence-corrected chi connectivity index (χ3v) is 3.82. The first-order valence-electron chi connectivity index (χ1n) is 8.12. The molecule has 23 heavy (non-hydrogen) atoms. The number of hydrogen-bond donors (Lipinski definition) is 2. The molecule has 2 N–H and O–H groups in total. The van der Waals surface area contributed by atoms with Gasteiger partial charge in [-0.25, -0.2) is 0 Å². The predicted octanol–water partition coefficient (Wildman–Crippen LogP) is 2.84. The monoisotopic (exact) mass is 335 g/mol. The summed E-state index contributed by atoms with van der Waals surface area (Å²) in [6, 6.07) is 7.90. The molecule has 1 aliphatic rings. The van der Waals surface area contributed by atoms with Gasteiger partial charge in [0, 0.05) is 13.2 Å². The van der Waals surface area contributed by atoms with Gasteiger partial charge in [-0.15, -0.1) is 0 Å². The lowest BCUT2D eigenvalue weighted by molar-refractivity contribution is 0.114. The number of hydrazone groups is 1. The molecule has 0 aromatic heterocycles. The zero-order valence-corrected chi connectivity index (χ0v) is 14.6. The lowest BCUT2D eigenvalue weighted by Crippen LogP contribution is -2.37. The summed E-state index contributed by atoms with van der Waals surface area (Å²) in [6.45, 7) is 6.34. The molecule has 0 radical (unpaired) electrons. The van der Waals surface area contributed by atoms with Gasteiger partial charge in [0.1, 0.15) is 5.75 Å². The highest BCUT2D eigenvalue weighted by Gasteiger charge is 2.15. The van der Waals surface area contributed by atoms with Gasteiger partial charge in [-0.1, -0.05) is 6.92 Å². The van der Waals surface area contributed by atoms with Gasteiger partial charge in [0.05, 0.1) is 18.4 Å². The molecule has 0 saturated carbocycles. The van der Waals surface area contributed by atoms with Gasteiger partial charge in [0.15, 0.2) is 5.11 Å². The van der Waals surface area contributed by atoms with Crippen LogP contribution in [0.1, 0.15) is 38.7 Å². The molecular formula is C17H25N3O2S. The second-order valence-electron chi connectivity index (χ2n) is 5.53. The van der Waals surface area contributed by atoms with E-state index in [9.17, 15) is 0 Å². The van der Waals surface area contributed by atoms with E-state index in [4.69, 9.17) is 21.7 Å². The molecule has 126 valence electrons. The van der Waals surface area contributed by atoms with Gasteiger partial charge < -0.3 is 14.8 Å². The van der Waals surface area contributed by atoms with Gasteiger partial charge in [-0.2, -0.15) is 5.10 Å². The van der Waals surface area contributed by atoms with Crippen molar-refractivity contribution in [1.82, 2.24) is 10.7 Å². The highest BCUT2D eigenvalue weighted by atomic mass is 32.1. The van der Waals surface area contributed by atoms with E-state index in [2.05, 4.69) is 22.8 Å². The topological polar surface area (TPSA) is 54.9 Å². The Kier molecular flexibility index (Phi) is 7.29. The summed E-state index contributed by atoms with van der Waals surface area (Å²) in [5.74, 6) is 0.880. The molecule has 1 aromatic rings. The Hall–Kier alpha value is -1.66. The second-order valence-corrected chi connectivity index (χ2v) is 5.94. The first kappa shape index (κ1) is 17.7. The van der Waals surface area contributed by atoms with Crippen molar-refractivity contribution in [2.45, 2.75) is 39.2 Å². The Morgan fingerprint density at radius 2 is 2.17 bits per heavy atom. The maximum atomic E-state index is 5.57. The van der Waals surface area contributed by atoms with Gasteiger partial charge in [-0.05, 0) is 68.2 Å². The van der Waals surface area contributed by atoms with Crippen LogP contribution in [0.2, 0.25) is 0 Å². The molecular weight excluding hydrogens is 310 g/mol. The number of thiocarbonyl (C=S) groups is 1. The molecule has 0 aliphatic carbocycles. The lowest BCUT2D eigenvalue weighted by Gasteiger charge is -2.12. The third kappa shape index (κ3) is 6.15. The highest BCUT2D eigenvalue weighted by molar-refractivity contribution is 7.80. The number of hydrogen-bond acceptors (Lipinski definition) is 4. The van der Waals surface area contributed by atoms with E-state index in [0.29, 0.717) is 5.11 Å². The summed E-state index contributed by atoms with van der Waals surface area (Å²) in [4.78, 5) is 0. The average molecular weight is 335 g/mol. The fourth-order valence-electron chi connectivity index (χ4n) is 2.26. The number of benzene rings is 1. The highest BCUT2D eigenvalue weighted by Crippen LogP contribution is 2.13. The Morgan fingerprint density at radius 3 is 2.83 bits per heavy atom. The number of ether oxygens (including phenoxy) is 2. The first-order valence-corrected chi connectivity index (χ1v) is 8.53. The molecule has 1 heterocycles. The van der Waals surface area contributed by atoms with Crippen LogP contribution in [0.3, 0.4) is 0 Å². The van der Waals surface area contributed by atoms with E-state index in [1.54, 1.807) is 0 Å². The molecule has 1 saturated heterocycles. The van der Waals surface area contributed by atoms with Gasteiger partial charge >= 0.3 is 0 Å². The zero-order valence-electron chi connectivity index (χ0n) is 13.8. The maximum Gasteiger partial charge on any atom is 0.187 e. The molecule has 0 unspecified atom stereocenters. The van der Waals surface area contributed by atoms with Gasteiger partial charge in [-0.3, -0.25) is 5.43 Å². The molecule has 2 rings (SSSR count). The van der Waals surface area contributed by atoms with Gasteiger partial charge in [0.2, 0.25) is 0 Å². The maximum absolute atomic E-state index is 5.57. The number of nitrogens with one attached hydrogen (secondary N) is 2. The molecule has 1 atom stereocenters. The summed E-state index contributed by atoms with van der Waals surface area (Å²) in [5.41, 5.74) is 4.77. The summed E-state index contributed by atoms with van der Waals surface area (Å²) in [7, 11) is 0. The first-order chi connectivity index (χ1) is 11.2. The number of rotatable bonds is 7. The van der Waals surface area contributed by atoms with Crippen molar-refractivity contribution < 1.29 is 9.47 Å². The third-order valence-electron chi connectivity index (χ3n) is 3.58. The summed E-state index contributed by atoms with van der Waals surface area (Å²) >= 11 is 5.22. The van der Waals surface area contributed by atoms with E-state index in [0.717, 1.165) is 56.0 Å². The molecule has 1 aromatic carbocycles. The Morgan fingerprint density at radius 1 is 1.39 bits per heavy atom. The summed E-state index contributed by atoms with van der Waals surface area (Å²) in [6.07, 6.45) is 3.48. The average Bonchev–Trinajstić information content (AvgIpc) is 3.10. The Labute approximate surface area is 143 Å². The van der Waals surface area contributed by atoms with Crippen molar-refractivity contribution in [3.05, 3.63) is 29.8 Å². The molecule has 0 bridgehead atoms. The lowest BCUT2D eigenvalue weighted by atomic mass is 10.1. The molecule has 5 nitrogen and oxygen atoms in total. The van der Waals surface area contributed by atoms with Crippen LogP contribution in [-0.2, 0) is 4.74 Å². The van der Waals surface area contributed by atoms with Crippen molar-refractivity contribution in [3.63, 3.8) is 0 Å². The van der Waals surface area contributed by atoms with Crippen molar-refractivity contribution in [3.8, 4) is 5.75 Å². The number of nitrogens with zero attached hydrogens (tertiary/aromatic N) is 1. The van der Waals surface area contributed by atoms with Crippen LogP contribution in [0.5, 0.6) is 5.75 Å². The van der Waals surface area contributed by atoms with E-state index >= 15 is 0 Å². The van der Waals surface area contributed by atoms with Crippen LogP contribution in [0, 0.1) is 0 Å². The van der Waals surface area contributed by atoms with Gasteiger partial charge in [0.25, 0.3) is 0 Å². The van der Waals surface area contributed by atoms with E-state index in [1.807, 2.05) is 31.2 Å². The smallest absolute Gasteiger partial charge is 0.187 e. The van der Waals surface area contributed by atoms with Crippen molar-refractivity contribution in [2.75, 3.05) is 19.8 Å². The minimum atomic E-state index is 0.260. The van der Waals surface area contributed by atoms with Crippen LogP contribution < -0.4 is 15.5 Å². The SMILES string of the molecule is CCCOc1ccc(/C(C)=N\NC(=S)NC[C@@H]2CCCO2)cc1. The Balaban J connectivity index is 1.77. The van der Waals surface area contributed by atoms with E-state index < -0.39 is 0 Å². The predicted molar refractivity (Wildman–Crippen MR) is 97.1 cm³/mol. The largest absolute Gasteiger partial charge is 0.494 e. The van der Waals surface area contributed by atoms with E-state index in [-0.39, 0.29) is 6.10 Å². The van der Waals surface area contributed by atoms with Crippen LogP contribution in [-0.4, -0.2) is 36.7 Å². The summed E-state index contributed by atoms with van der Waals surface area (Å²) in [5, 5.41) is 7.96. The molecule has 0 spiro atoms. The van der Waals surface area contributed by atoms with E-state index in [1.165, 1.54) is 0 Å². The standard InChI is InChI=1S/C17H25N3O2S/c1-3-10-21-15-8-6-14(7-9-15)13(2)19-20-17(23)18-12-16-5-4-11-22-16/h6-9,16H,3-5,10-12H2,1-2H3,(H2,18,20,23)/b19-13-/t16-/m0/s1. The van der Waals surface area contributed by atoms with Crippen molar-refractivity contribution in [2.24, 2.45) is 5.10 Å². The Bertz CT molecular complexity index is 525. The molecule has 0 amide bonds. The van der Waals surface area contributed by atoms with Crippen molar-refractivity contribution in [1.29, 1.82) is 0 Å². The molecule has 1 fully saturated rings. The fraction of sp³-hybridized carbons (Fsp3) is 0.529. The zero-order chi connectivity index (χ0) is 16.5. The van der Waals surface area contributed by atoms with Crippen LogP contribution >= 0.6 is 12.2 Å². The molecule has 1 aliphatic heterocycles. The van der Waals surface area contributed by atoms with Crippen molar-refractivity contribution >= 4 is 23.0 Å². The fourth-order valence-corrected chi connectivity index (χ4v) is 2.39. The quantitative estimate of drug-likeness (QED) is 0.456. The normalized spacial score (nSPS) is 17.8. The van der Waals surface area contributed by atoms with Crippen LogP contribution in [0.15, 0.2) is 29.4 Å². The minimum Gasteiger partial charge on any atom is -0.494 e. The van der Waals surface area contributed by atoms with Crippen LogP contribution in [0.4, 0.5) is 0 Å². The van der Waals surface area contributed by atoms with Crippen LogP contribution in [0.25, 0.3) is 0 Å².